The molecule has 0 bridgehead atoms. The molecule has 0 saturated heterocycles. The summed E-state index contributed by atoms with van der Waals surface area (Å²) in [6.07, 6.45) is 4.31. The summed E-state index contributed by atoms with van der Waals surface area (Å²) in [4.78, 5) is 0. The van der Waals surface area contributed by atoms with E-state index in [1.54, 1.807) is 0 Å². The Morgan fingerprint density at radius 2 is 1.62 bits per heavy atom. The number of hydrogen-bond acceptors (Lipinski definition) is 3. The van der Waals surface area contributed by atoms with Gasteiger partial charge in [-0.05, 0) is 36.8 Å². The fraction of sp³-hybridized carbons (Fsp3) is 0.500. The summed E-state index contributed by atoms with van der Waals surface area (Å²) in [6.45, 7) is 0. The van der Waals surface area contributed by atoms with Crippen LogP contribution in [0.3, 0.4) is 0 Å². The van der Waals surface area contributed by atoms with Crippen LogP contribution in [0.25, 0.3) is 0 Å². The minimum Gasteiger partial charge on any atom is -0.267 e. The number of hydrogen-bond donors (Lipinski definition) is 0. The second-order valence-corrected chi connectivity index (χ2v) is 5.87. The third kappa shape index (κ3) is 3.06. The van der Waals surface area contributed by atoms with E-state index in [0.29, 0.717) is 0 Å². The molecule has 0 unspecified atom stereocenters. The van der Waals surface area contributed by atoms with E-state index < -0.39 is 10.1 Å². The van der Waals surface area contributed by atoms with Gasteiger partial charge < -0.3 is 0 Å². The Labute approximate surface area is 96.6 Å². The van der Waals surface area contributed by atoms with E-state index in [9.17, 15) is 8.42 Å². The number of aryl methyl sites for hydroxylation is 2. The quantitative estimate of drug-likeness (QED) is 0.586. The van der Waals surface area contributed by atoms with Crippen LogP contribution in [0, 0.1) is 0 Å². The molecule has 1 aromatic rings. The molecule has 4 heteroatoms. The van der Waals surface area contributed by atoms with Crippen LogP contribution in [0.5, 0.6) is 0 Å². The van der Waals surface area contributed by atoms with Crippen LogP contribution in [-0.4, -0.2) is 20.8 Å². The fourth-order valence-corrected chi connectivity index (χ4v) is 2.85. The van der Waals surface area contributed by atoms with Crippen molar-refractivity contribution in [3.05, 3.63) is 35.4 Å². The van der Waals surface area contributed by atoms with Gasteiger partial charge in [0.25, 0.3) is 10.1 Å². The summed E-state index contributed by atoms with van der Waals surface area (Å²) in [7, 11) is -3.33. The lowest BCUT2D eigenvalue weighted by atomic mass is 10.0. The van der Waals surface area contributed by atoms with Crippen LogP contribution in [0.1, 0.15) is 24.0 Å². The smallest absolute Gasteiger partial charge is 0.264 e. The first-order valence-electron chi connectivity index (χ1n) is 5.49. The highest BCUT2D eigenvalue weighted by molar-refractivity contribution is 7.86. The summed E-state index contributed by atoms with van der Waals surface area (Å²) in [5, 5.41) is 0. The van der Waals surface area contributed by atoms with Crippen molar-refractivity contribution in [3.8, 4) is 0 Å². The van der Waals surface area contributed by atoms with E-state index in [2.05, 4.69) is 12.1 Å². The largest absolute Gasteiger partial charge is 0.267 e. The Kier molecular flexibility index (Phi) is 3.30. The first kappa shape index (κ1) is 11.6. The zero-order valence-electron chi connectivity index (χ0n) is 9.35. The number of rotatable bonds is 2. The van der Waals surface area contributed by atoms with Crippen LogP contribution in [-0.2, 0) is 27.1 Å². The molecule has 0 aliphatic heterocycles. The van der Waals surface area contributed by atoms with Crippen LogP contribution in [0.15, 0.2) is 24.3 Å². The monoisotopic (exact) mass is 240 g/mol. The highest BCUT2D eigenvalue weighted by atomic mass is 32.2. The highest BCUT2D eigenvalue weighted by Gasteiger charge is 2.19. The summed E-state index contributed by atoms with van der Waals surface area (Å²) < 4.78 is 27.2. The molecule has 1 aliphatic carbocycles. The summed E-state index contributed by atoms with van der Waals surface area (Å²) in [6, 6.07) is 8.27. The maximum absolute atomic E-state index is 11.1. The van der Waals surface area contributed by atoms with E-state index in [-0.39, 0.29) is 6.10 Å². The van der Waals surface area contributed by atoms with Gasteiger partial charge in [0.05, 0.1) is 12.4 Å². The number of benzene rings is 1. The van der Waals surface area contributed by atoms with E-state index in [1.807, 2.05) is 12.1 Å². The van der Waals surface area contributed by atoms with Gasteiger partial charge in [-0.15, -0.1) is 0 Å². The molecule has 0 radical (unpaired) electrons. The Bertz CT molecular complexity index is 438. The maximum atomic E-state index is 11.1. The number of fused-ring (bicyclic) bond motifs is 1. The Balaban J connectivity index is 2.08. The molecule has 2 rings (SSSR count). The zero-order chi connectivity index (χ0) is 11.6. The average molecular weight is 240 g/mol. The molecule has 0 N–H and O–H groups in total. The predicted molar refractivity (Wildman–Crippen MR) is 62.8 cm³/mol. The molecule has 0 amide bonds. The van der Waals surface area contributed by atoms with Gasteiger partial charge in [0, 0.05) is 0 Å². The lowest BCUT2D eigenvalue weighted by Crippen LogP contribution is -2.17. The van der Waals surface area contributed by atoms with Gasteiger partial charge in [-0.3, -0.25) is 4.18 Å². The molecule has 3 nitrogen and oxygen atoms in total. The van der Waals surface area contributed by atoms with Crippen molar-refractivity contribution < 1.29 is 12.6 Å². The lowest BCUT2D eigenvalue weighted by Gasteiger charge is -2.12. The highest BCUT2D eigenvalue weighted by Crippen LogP contribution is 2.22. The van der Waals surface area contributed by atoms with Crippen molar-refractivity contribution in [2.24, 2.45) is 0 Å². The Morgan fingerprint density at radius 3 is 2.06 bits per heavy atom. The average Bonchev–Trinajstić information content (AvgIpc) is 2.39. The minimum atomic E-state index is -3.33. The van der Waals surface area contributed by atoms with Crippen molar-refractivity contribution in [3.63, 3.8) is 0 Å². The van der Waals surface area contributed by atoms with Gasteiger partial charge in [0.2, 0.25) is 0 Å². The van der Waals surface area contributed by atoms with Crippen LogP contribution >= 0.6 is 0 Å². The van der Waals surface area contributed by atoms with Crippen LogP contribution in [0.4, 0.5) is 0 Å². The van der Waals surface area contributed by atoms with Gasteiger partial charge in [0.15, 0.2) is 0 Å². The van der Waals surface area contributed by atoms with E-state index in [1.165, 1.54) is 11.1 Å². The molecule has 88 valence electrons. The van der Waals surface area contributed by atoms with E-state index in [0.717, 1.165) is 31.9 Å². The SMILES string of the molecule is CS(=O)(=O)OC1CCc2ccccc2CC1. The summed E-state index contributed by atoms with van der Waals surface area (Å²) in [5.74, 6) is 0. The Hall–Kier alpha value is -0.870. The molecule has 0 fully saturated rings. The lowest BCUT2D eigenvalue weighted by molar-refractivity contribution is 0.194. The molecule has 0 saturated carbocycles. The minimum absolute atomic E-state index is 0.164. The second kappa shape index (κ2) is 4.55. The predicted octanol–water partition coefficient (Wildman–Crippen LogP) is 1.91. The van der Waals surface area contributed by atoms with Crippen molar-refractivity contribution in [1.82, 2.24) is 0 Å². The first-order chi connectivity index (χ1) is 7.54. The van der Waals surface area contributed by atoms with E-state index >= 15 is 0 Å². The third-order valence-electron chi connectivity index (χ3n) is 2.90. The van der Waals surface area contributed by atoms with Crippen molar-refractivity contribution >= 4 is 10.1 Å². The van der Waals surface area contributed by atoms with Gasteiger partial charge in [0.1, 0.15) is 0 Å². The van der Waals surface area contributed by atoms with Crippen molar-refractivity contribution in [1.29, 1.82) is 0 Å². The summed E-state index contributed by atoms with van der Waals surface area (Å²) >= 11 is 0. The maximum Gasteiger partial charge on any atom is 0.264 e. The molecular formula is C12H16O3S. The molecule has 0 atom stereocenters. The van der Waals surface area contributed by atoms with E-state index in [4.69, 9.17) is 4.18 Å². The van der Waals surface area contributed by atoms with Crippen molar-refractivity contribution in [2.75, 3.05) is 6.26 Å². The zero-order valence-corrected chi connectivity index (χ0v) is 10.2. The van der Waals surface area contributed by atoms with Crippen LogP contribution < -0.4 is 0 Å². The molecular weight excluding hydrogens is 224 g/mol. The van der Waals surface area contributed by atoms with Gasteiger partial charge in [-0.1, -0.05) is 24.3 Å². The summed E-state index contributed by atoms with van der Waals surface area (Å²) in [5.41, 5.74) is 2.64. The molecule has 0 heterocycles. The third-order valence-corrected chi connectivity index (χ3v) is 3.52. The van der Waals surface area contributed by atoms with Gasteiger partial charge in [-0.2, -0.15) is 8.42 Å². The first-order valence-corrected chi connectivity index (χ1v) is 7.31. The van der Waals surface area contributed by atoms with Gasteiger partial charge in [-0.25, -0.2) is 0 Å². The second-order valence-electron chi connectivity index (χ2n) is 4.27. The Morgan fingerprint density at radius 1 is 1.12 bits per heavy atom. The standard InChI is InChI=1S/C12H16O3S/c1-16(13,14)15-12-8-6-10-4-2-3-5-11(10)7-9-12/h2-5,12H,6-9H2,1H3. The fourth-order valence-electron chi connectivity index (χ4n) is 2.17. The molecule has 0 spiro atoms. The topological polar surface area (TPSA) is 43.4 Å². The molecule has 1 aromatic carbocycles. The van der Waals surface area contributed by atoms with Crippen LogP contribution in [0.2, 0.25) is 0 Å². The van der Waals surface area contributed by atoms with Crippen molar-refractivity contribution in [2.45, 2.75) is 31.8 Å². The normalized spacial score (nSPS) is 17.8. The molecule has 1 aliphatic rings. The molecule has 16 heavy (non-hydrogen) atoms. The molecule has 0 aromatic heterocycles. The van der Waals surface area contributed by atoms with Gasteiger partial charge >= 0.3 is 0 Å².